The highest BCUT2D eigenvalue weighted by molar-refractivity contribution is 5.75. The highest BCUT2D eigenvalue weighted by Crippen LogP contribution is 2.50. The van der Waals surface area contributed by atoms with Crippen molar-refractivity contribution in [2.24, 2.45) is 22.7 Å². The molecule has 4 atom stereocenters. The van der Waals surface area contributed by atoms with E-state index in [1.165, 1.54) is 24.8 Å². The number of hydrogen-bond acceptors (Lipinski definition) is 3. The maximum atomic E-state index is 5.57. The van der Waals surface area contributed by atoms with Crippen molar-refractivity contribution in [3.8, 4) is 0 Å². The van der Waals surface area contributed by atoms with Gasteiger partial charge in [-0.3, -0.25) is 0 Å². The number of amidine groups is 1. The Morgan fingerprint density at radius 2 is 2.05 bits per heavy atom. The van der Waals surface area contributed by atoms with Crippen molar-refractivity contribution in [2.75, 3.05) is 13.2 Å². The van der Waals surface area contributed by atoms with Crippen molar-refractivity contribution in [1.82, 2.24) is 5.32 Å². The first kappa shape index (κ1) is 13.9. The van der Waals surface area contributed by atoms with Gasteiger partial charge in [-0.25, -0.2) is 4.99 Å². The molecular weight excluding hydrogens is 272 g/mol. The molecule has 0 spiro atoms. The lowest BCUT2D eigenvalue weighted by Gasteiger charge is -2.31. The fraction of sp³-hybridized carbons (Fsp3) is 0.526. The summed E-state index contributed by atoms with van der Waals surface area (Å²) in [5.41, 5.74) is 1.29. The summed E-state index contributed by atoms with van der Waals surface area (Å²) in [4.78, 5) is 4.41. The molecule has 2 bridgehead atoms. The van der Waals surface area contributed by atoms with Gasteiger partial charge in [0.15, 0.2) is 0 Å². The van der Waals surface area contributed by atoms with Crippen LogP contribution in [0, 0.1) is 17.8 Å². The Labute approximate surface area is 132 Å². The van der Waals surface area contributed by atoms with Crippen LogP contribution >= 0.6 is 0 Å². The molecule has 0 aromatic heterocycles. The highest BCUT2D eigenvalue weighted by Gasteiger charge is 2.47. The fourth-order valence-electron chi connectivity index (χ4n) is 4.46. The summed E-state index contributed by atoms with van der Waals surface area (Å²) in [5.74, 6) is 2.42. The standard InChI is InChI=1S/C19H24N2O/c1-2-5-14(6-3-1)7-4-8-17-15-9-10-16(13-15)18(17)21-19-20-11-12-22-19/h1-7,15-18H,8-13H2,(H,20,21)/b7-4+/t15?,16?,17-,18+/m0/s1. The van der Waals surface area contributed by atoms with Crippen LogP contribution < -0.4 is 5.32 Å². The Bertz CT molecular complexity index is 566. The molecule has 1 N–H and O–H groups in total. The zero-order valence-electron chi connectivity index (χ0n) is 12.9. The molecule has 2 unspecified atom stereocenters. The quantitative estimate of drug-likeness (QED) is 0.923. The monoisotopic (exact) mass is 296 g/mol. The summed E-state index contributed by atoms with van der Waals surface area (Å²) in [7, 11) is 0. The molecule has 1 heterocycles. The Hall–Kier alpha value is -1.77. The summed E-state index contributed by atoms with van der Waals surface area (Å²) in [6, 6.07) is 11.9. The molecule has 1 aliphatic heterocycles. The average molecular weight is 296 g/mol. The molecule has 0 radical (unpaired) electrons. The van der Waals surface area contributed by atoms with Gasteiger partial charge in [0.1, 0.15) is 6.61 Å². The second-order valence-electron chi connectivity index (χ2n) is 6.75. The predicted octanol–water partition coefficient (Wildman–Crippen LogP) is 3.48. The van der Waals surface area contributed by atoms with Crippen molar-refractivity contribution in [3.63, 3.8) is 0 Å². The van der Waals surface area contributed by atoms with E-state index < -0.39 is 0 Å². The zero-order valence-corrected chi connectivity index (χ0v) is 12.9. The maximum Gasteiger partial charge on any atom is 0.285 e. The summed E-state index contributed by atoms with van der Waals surface area (Å²) in [6.07, 6.45) is 9.92. The van der Waals surface area contributed by atoms with E-state index in [2.05, 4.69) is 52.8 Å². The van der Waals surface area contributed by atoms with Crippen LogP contribution in [0.25, 0.3) is 6.08 Å². The van der Waals surface area contributed by atoms with E-state index in [0.29, 0.717) is 6.04 Å². The number of allylic oxidation sites excluding steroid dienone is 1. The number of ether oxygens (including phenoxy) is 1. The van der Waals surface area contributed by atoms with Crippen molar-refractivity contribution < 1.29 is 4.74 Å². The van der Waals surface area contributed by atoms with E-state index >= 15 is 0 Å². The lowest BCUT2D eigenvalue weighted by atomic mass is 9.82. The summed E-state index contributed by atoms with van der Waals surface area (Å²) in [5, 5.41) is 3.60. The third-order valence-corrected chi connectivity index (χ3v) is 5.48. The molecule has 3 aliphatic rings. The number of rotatable bonds is 4. The van der Waals surface area contributed by atoms with Crippen molar-refractivity contribution in [1.29, 1.82) is 0 Å². The van der Waals surface area contributed by atoms with E-state index in [1.54, 1.807) is 0 Å². The van der Waals surface area contributed by atoms with Gasteiger partial charge < -0.3 is 10.1 Å². The first-order chi connectivity index (χ1) is 10.9. The Kier molecular flexibility index (Phi) is 3.88. The number of fused-ring (bicyclic) bond motifs is 2. The number of nitrogens with one attached hydrogen (secondary N) is 1. The first-order valence-corrected chi connectivity index (χ1v) is 8.55. The number of nitrogens with zero attached hydrogens (tertiary/aromatic N) is 1. The highest BCUT2D eigenvalue weighted by atomic mass is 16.5. The van der Waals surface area contributed by atoms with Crippen molar-refractivity contribution in [3.05, 3.63) is 42.0 Å². The molecule has 4 rings (SSSR count). The first-order valence-electron chi connectivity index (χ1n) is 8.55. The van der Waals surface area contributed by atoms with E-state index in [9.17, 15) is 0 Å². The summed E-state index contributed by atoms with van der Waals surface area (Å²) < 4.78 is 5.57. The molecule has 2 fully saturated rings. The lowest BCUT2D eigenvalue weighted by molar-refractivity contribution is 0.250. The minimum Gasteiger partial charge on any atom is -0.463 e. The molecule has 116 valence electrons. The third kappa shape index (κ3) is 2.77. The topological polar surface area (TPSA) is 33.6 Å². The summed E-state index contributed by atoms with van der Waals surface area (Å²) in [6.45, 7) is 1.55. The van der Waals surface area contributed by atoms with Crippen LogP contribution in [0.1, 0.15) is 31.2 Å². The smallest absolute Gasteiger partial charge is 0.285 e. The van der Waals surface area contributed by atoms with Gasteiger partial charge in [-0.15, -0.1) is 0 Å². The lowest BCUT2D eigenvalue weighted by Crippen LogP contribution is -2.44. The molecule has 3 nitrogen and oxygen atoms in total. The van der Waals surface area contributed by atoms with Crippen LogP contribution in [-0.4, -0.2) is 25.2 Å². The van der Waals surface area contributed by atoms with Crippen LogP contribution in [0.2, 0.25) is 0 Å². The van der Waals surface area contributed by atoms with E-state index in [-0.39, 0.29) is 0 Å². The Morgan fingerprint density at radius 1 is 1.18 bits per heavy atom. The van der Waals surface area contributed by atoms with Gasteiger partial charge in [0, 0.05) is 6.04 Å². The van der Waals surface area contributed by atoms with Gasteiger partial charge in [-0.05, 0) is 49.0 Å². The van der Waals surface area contributed by atoms with Crippen LogP contribution in [0.15, 0.2) is 41.4 Å². The fourth-order valence-corrected chi connectivity index (χ4v) is 4.46. The SMILES string of the molecule is C(=C\c1ccccc1)/C[C@H]1C2CCC(C2)[C@H]1NC1=NCCO1. The van der Waals surface area contributed by atoms with E-state index in [1.807, 2.05) is 0 Å². The van der Waals surface area contributed by atoms with E-state index in [4.69, 9.17) is 4.74 Å². The second-order valence-corrected chi connectivity index (χ2v) is 6.75. The summed E-state index contributed by atoms with van der Waals surface area (Å²) >= 11 is 0. The van der Waals surface area contributed by atoms with Crippen molar-refractivity contribution in [2.45, 2.75) is 31.7 Å². The molecule has 2 aliphatic carbocycles. The molecule has 0 saturated heterocycles. The minimum atomic E-state index is 0.552. The molecule has 2 saturated carbocycles. The minimum absolute atomic E-state index is 0.552. The molecular formula is C19H24N2O. The Morgan fingerprint density at radius 3 is 2.86 bits per heavy atom. The predicted molar refractivity (Wildman–Crippen MR) is 89.6 cm³/mol. The van der Waals surface area contributed by atoms with Crippen LogP contribution in [0.5, 0.6) is 0 Å². The zero-order chi connectivity index (χ0) is 14.8. The van der Waals surface area contributed by atoms with Gasteiger partial charge in [0.25, 0.3) is 6.02 Å². The molecule has 0 amide bonds. The van der Waals surface area contributed by atoms with E-state index in [0.717, 1.165) is 43.3 Å². The molecule has 3 heteroatoms. The number of aliphatic imine (C=N–C) groups is 1. The molecule has 1 aromatic rings. The average Bonchev–Trinajstić information content (AvgIpc) is 3.27. The van der Waals surface area contributed by atoms with Crippen LogP contribution in [0.3, 0.4) is 0 Å². The maximum absolute atomic E-state index is 5.57. The van der Waals surface area contributed by atoms with Crippen LogP contribution in [-0.2, 0) is 4.74 Å². The van der Waals surface area contributed by atoms with Gasteiger partial charge >= 0.3 is 0 Å². The normalized spacial score (nSPS) is 33.2. The van der Waals surface area contributed by atoms with Gasteiger partial charge in [0.2, 0.25) is 0 Å². The van der Waals surface area contributed by atoms with Gasteiger partial charge in [-0.2, -0.15) is 0 Å². The molecule has 1 aromatic carbocycles. The molecule has 22 heavy (non-hydrogen) atoms. The third-order valence-electron chi connectivity index (χ3n) is 5.48. The van der Waals surface area contributed by atoms with Gasteiger partial charge in [0.05, 0.1) is 6.54 Å². The number of hydrogen-bond donors (Lipinski definition) is 1. The largest absolute Gasteiger partial charge is 0.463 e. The Balaban J connectivity index is 1.41. The number of benzene rings is 1. The second kappa shape index (κ2) is 6.15. The van der Waals surface area contributed by atoms with Gasteiger partial charge in [-0.1, -0.05) is 42.5 Å². The van der Waals surface area contributed by atoms with Crippen LogP contribution in [0.4, 0.5) is 0 Å². The van der Waals surface area contributed by atoms with Crippen molar-refractivity contribution >= 4 is 12.1 Å².